The first-order chi connectivity index (χ1) is 15.4. The maximum absolute atomic E-state index is 13.0. The third-order valence-corrected chi connectivity index (χ3v) is 6.81. The maximum atomic E-state index is 13.0. The van der Waals surface area contributed by atoms with Crippen molar-refractivity contribution in [2.75, 3.05) is 40.0 Å². The number of pyridine rings is 1. The molecule has 0 atom stereocenters. The molecule has 1 saturated heterocycles. The molecular weight excluding hydrogens is 436 g/mol. The summed E-state index contributed by atoms with van der Waals surface area (Å²) >= 11 is 0. The van der Waals surface area contributed by atoms with Gasteiger partial charge in [0, 0.05) is 50.6 Å². The molecule has 3 rings (SSSR count). The van der Waals surface area contributed by atoms with Crippen molar-refractivity contribution in [1.29, 1.82) is 0 Å². The number of morpholine rings is 1. The van der Waals surface area contributed by atoms with Crippen LogP contribution in [0.2, 0.25) is 0 Å². The van der Waals surface area contributed by atoms with Crippen LogP contribution < -0.4 is 15.4 Å². The molecule has 1 aromatic heterocycles. The fourth-order valence-corrected chi connectivity index (χ4v) is 4.72. The monoisotopic (exact) mass is 462 g/mol. The van der Waals surface area contributed by atoms with E-state index in [-0.39, 0.29) is 48.2 Å². The van der Waals surface area contributed by atoms with Crippen molar-refractivity contribution in [3.63, 3.8) is 0 Å². The summed E-state index contributed by atoms with van der Waals surface area (Å²) in [7, 11) is -2.48. The Morgan fingerprint density at radius 1 is 1.12 bits per heavy atom. The summed E-state index contributed by atoms with van der Waals surface area (Å²) in [5.74, 6) is -0.538. The van der Waals surface area contributed by atoms with Gasteiger partial charge in [-0.1, -0.05) is 0 Å². The quantitative estimate of drug-likeness (QED) is 0.557. The number of ether oxygens (including phenoxy) is 2. The van der Waals surface area contributed by atoms with Gasteiger partial charge >= 0.3 is 0 Å². The van der Waals surface area contributed by atoms with E-state index in [4.69, 9.17) is 9.47 Å². The summed E-state index contributed by atoms with van der Waals surface area (Å²) in [5, 5.41) is 5.41. The van der Waals surface area contributed by atoms with Crippen LogP contribution in [0.1, 0.15) is 22.3 Å². The van der Waals surface area contributed by atoms with Crippen LogP contribution in [0.3, 0.4) is 0 Å². The van der Waals surface area contributed by atoms with Gasteiger partial charge < -0.3 is 20.1 Å². The lowest BCUT2D eigenvalue weighted by Crippen LogP contribution is -2.40. The molecule has 0 saturated carbocycles. The van der Waals surface area contributed by atoms with Gasteiger partial charge in [-0.2, -0.15) is 4.31 Å². The van der Waals surface area contributed by atoms with E-state index in [0.717, 1.165) is 5.56 Å². The molecule has 0 bridgehead atoms. The molecule has 2 N–H and O–H groups in total. The van der Waals surface area contributed by atoms with Crippen LogP contribution in [0.15, 0.2) is 47.6 Å². The van der Waals surface area contributed by atoms with Crippen molar-refractivity contribution < 1.29 is 27.5 Å². The summed E-state index contributed by atoms with van der Waals surface area (Å²) in [6, 6.07) is 7.82. The number of amides is 2. The van der Waals surface area contributed by atoms with Crippen LogP contribution in [0.4, 0.5) is 0 Å². The highest BCUT2D eigenvalue weighted by Gasteiger charge is 2.30. The zero-order valence-corrected chi connectivity index (χ0v) is 18.6. The SMILES string of the molecule is COc1ccc(C(=O)NCCC(=O)NCc2ccncc2)cc1S(=O)(=O)N1CCOCC1. The first-order valence-electron chi connectivity index (χ1n) is 10.1. The van der Waals surface area contributed by atoms with Crippen LogP contribution in [0.25, 0.3) is 0 Å². The predicted molar refractivity (Wildman–Crippen MR) is 116 cm³/mol. The van der Waals surface area contributed by atoms with Crippen molar-refractivity contribution in [3.05, 3.63) is 53.9 Å². The number of carbonyl (C=O) groups excluding carboxylic acids is 2. The summed E-state index contributed by atoms with van der Waals surface area (Å²) in [5.41, 5.74) is 1.08. The lowest BCUT2D eigenvalue weighted by Gasteiger charge is -2.26. The van der Waals surface area contributed by atoms with Gasteiger partial charge in [0.25, 0.3) is 5.91 Å². The molecule has 2 aromatic rings. The predicted octanol–water partition coefficient (Wildman–Crippen LogP) is 0.547. The number of sulfonamides is 1. The number of benzene rings is 1. The second-order valence-electron chi connectivity index (χ2n) is 7.02. The molecule has 11 heteroatoms. The Hall–Kier alpha value is -3.02. The largest absolute Gasteiger partial charge is 0.495 e. The number of methoxy groups -OCH3 is 1. The molecule has 2 amide bonds. The van der Waals surface area contributed by atoms with Crippen molar-refractivity contribution in [2.45, 2.75) is 17.9 Å². The lowest BCUT2D eigenvalue weighted by atomic mass is 10.2. The Morgan fingerprint density at radius 2 is 1.84 bits per heavy atom. The second kappa shape index (κ2) is 11.0. The van der Waals surface area contributed by atoms with Crippen LogP contribution in [0, 0.1) is 0 Å². The first-order valence-corrected chi connectivity index (χ1v) is 11.6. The Kier molecular flexibility index (Phi) is 8.14. The lowest BCUT2D eigenvalue weighted by molar-refractivity contribution is -0.121. The minimum atomic E-state index is -3.85. The van der Waals surface area contributed by atoms with Crippen molar-refractivity contribution in [1.82, 2.24) is 19.9 Å². The van der Waals surface area contributed by atoms with Gasteiger partial charge in [-0.05, 0) is 35.9 Å². The van der Waals surface area contributed by atoms with Crippen molar-refractivity contribution in [3.8, 4) is 5.75 Å². The number of hydrogen-bond donors (Lipinski definition) is 2. The highest BCUT2D eigenvalue weighted by molar-refractivity contribution is 7.89. The van der Waals surface area contributed by atoms with Gasteiger partial charge in [-0.3, -0.25) is 14.6 Å². The molecular formula is C21H26N4O6S. The van der Waals surface area contributed by atoms with E-state index in [1.807, 2.05) is 0 Å². The molecule has 172 valence electrons. The van der Waals surface area contributed by atoms with Gasteiger partial charge in [0.05, 0.1) is 20.3 Å². The number of nitrogens with zero attached hydrogens (tertiary/aromatic N) is 2. The van der Waals surface area contributed by atoms with Crippen LogP contribution in [-0.4, -0.2) is 69.5 Å². The van der Waals surface area contributed by atoms with Gasteiger partial charge in [-0.25, -0.2) is 8.42 Å². The minimum Gasteiger partial charge on any atom is -0.495 e. The highest BCUT2D eigenvalue weighted by atomic mass is 32.2. The number of aromatic nitrogens is 1. The van der Waals surface area contributed by atoms with E-state index >= 15 is 0 Å². The number of hydrogen-bond acceptors (Lipinski definition) is 7. The standard InChI is InChI=1S/C21H26N4O6S/c1-30-18-3-2-17(14-19(18)32(28,29)25-10-12-31-13-11-25)21(27)23-9-6-20(26)24-15-16-4-7-22-8-5-16/h2-5,7-8,14H,6,9-13,15H2,1H3,(H,23,27)(H,24,26). The smallest absolute Gasteiger partial charge is 0.251 e. The fraction of sp³-hybridized carbons (Fsp3) is 0.381. The van der Waals surface area contributed by atoms with Crippen molar-refractivity contribution in [2.24, 2.45) is 0 Å². The van der Waals surface area contributed by atoms with Gasteiger partial charge in [0.2, 0.25) is 15.9 Å². The number of rotatable bonds is 9. The van der Waals surface area contributed by atoms with E-state index in [0.29, 0.717) is 19.8 Å². The molecule has 1 aliphatic rings. The van der Waals surface area contributed by atoms with Crippen LogP contribution in [-0.2, 0) is 26.1 Å². The summed E-state index contributed by atoms with van der Waals surface area (Å²) in [4.78, 5) is 28.4. The zero-order valence-electron chi connectivity index (χ0n) is 17.7. The number of carbonyl (C=O) groups is 2. The van der Waals surface area contributed by atoms with Gasteiger partial charge in [0.15, 0.2) is 0 Å². The van der Waals surface area contributed by atoms with E-state index in [9.17, 15) is 18.0 Å². The summed E-state index contributed by atoms with van der Waals surface area (Å²) < 4.78 is 37.8. The third-order valence-electron chi connectivity index (χ3n) is 4.89. The molecule has 2 heterocycles. The van der Waals surface area contributed by atoms with E-state index in [1.165, 1.54) is 29.6 Å². The Bertz CT molecular complexity index is 1040. The molecule has 0 unspecified atom stereocenters. The second-order valence-corrected chi connectivity index (χ2v) is 8.93. The maximum Gasteiger partial charge on any atom is 0.251 e. The third kappa shape index (κ3) is 6.02. The topological polar surface area (TPSA) is 127 Å². The first kappa shape index (κ1) is 23.6. The molecule has 1 aliphatic heterocycles. The van der Waals surface area contributed by atoms with E-state index < -0.39 is 15.9 Å². The number of nitrogens with one attached hydrogen (secondary N) is 2. The molecule has 0 aliphatic carbocycles. The normalized spacial score (nSPS) is 14.5. The summed E-state index contributed by atoms with van der Waals surface area (Å²) in [6.07, 6.45) is 3.38. The highest BCUT2D eigenvalue weighted by Crippen LogP contribution is 2.28. The molecule has 1 fully saturated rings. The molecule has 0 spiro atoms. The van der Waals surface area contributed by atoms with Crippen molar-refractivity contribution >= 4 is 21.8 Å². The fourth-order valence-electron chi connectivity index (χ4n) is 3.13. The Labute approximate surface area is 187 Å². The molecule has 1 aromatic carbocycles. The Morgan fingerprint density at radius 3 is 2.53 bits per heavy atom. The Balaban J connectivity index is 1.59. The van der Waals surface area contributed by atoms with Gasteiger partial charge in [-0.15, -0.1) is 0 Å². The minimum absolute atomic E-state index is 0.0790. The van der Waals surface area contributed by atoms with Crippen LogP contribution in [0.5, 0.6) is 5.75 Å². The molecule has 10 nitrogen and oxygen atoms in total. The average Bonchev–Trinajstić information content (AvgIpc) is 2.83. The average molecular weight is 463 g/mol. The van der Waals surface area contributed by atoms with Crippen LogP contribution >= 0.6 is 0 Å². The van der Waals surface area contributed by atoms with Gasteiger partial charge in [0.1, 0.15) is 10.6 Å². The summed E-state index contributed by atoms with van der Waals surface area (Å²) in [6.45, 7) is 1.57. The van der Waals surface area contributed by atoms with E-state index in [2.05, 4.69) is 15.6 Å². The van der Waals surface area contributed by atoms with E-state index in [1.54, 1.807) is 24.5 Å². The molecule has 0 radical (unpaired) electrons. The zero-order chi connectivity index (χ0) is 23.0. The molecule has 32 heavy (non-hydrogen) atoms.